The van der Waals surface area contributed by atoms with Crippen LogP contribution in [-0.2, 0) is 0 Å². The Morgan fingerprint density at radius 2 is 2.31 bits per heavy atom. The van der Waals surface area contributed by atoms with Crippen LogP contribution in [0.15, 0.2) is 10.7 Å². The first-order chi connectivity index (χ1) is 7.50. The number of hydrogen-bond donors (Lipinski definition) is 1. The summed E-state index contributed by atoms with van der Waals surface area (Å²) in [5.41, 5.74) is 0.466. The quantitative estimate of drug-likeness (QED) is 0.809. The van der Waals surface area contributed by atoms with E-state index < -0.39 is 0 Å². The second-order valence-electron chi connectivity index (χ2n) is 4.23. The molecule has 5 heteroatoms. The zero-order chi connectivity index (χ0) is 12.1. The lowest BCUT2D eigenvalue weighted by Gasteiger charge is -2.12. The van der Waals surface area contributed by atoms with Gasteiger partial charge in [-0.3, -0.25) is 4.79 Å². The summed E-state index contributed by atoms with van der Waals surface area (Å²) in [5, 5.41) is 6.27. The van der Waals surface area contributed by atoms with E-state index in [4.69, 9.17) is 16.1 Å². The molecule has 4 nitrogen and oxygen atoms in total. The first-order valence-corrected chi connectivity index (χ1v) is 5.78. The summed E-state index contributed by atoms with van der Waals surface area (Å²) in [5.74, 6) is 0.859. The van der Waals surface area contributed by atoms with Crippen molar-refractivity contribution >= 4 is 17.5 Å². The van der Waals surface area contributed by atoms with Gasteiger partial charge in [-0.2, -0.15) is 0 Å². The number of rotatable bonds is 5. The molecule has 1 heterocycles. The number of amides is 1. The number of alkyl halides is 1. The molecular weight excluding hydrogens is 228 g/mol. The van der Waals surface area contributed by atoms with Gasteiger partial charge in [0.25, 0.3) is 5.91 Å². The summed E-state index contributed by atoms with van der Waals surface area (Å²) in [6.45, 7) is 6.36. The van der Waals surface area contributed by atoms with Gasteiger partial charge in [0.15, 0.2) is 0 Å². The summed E-state index contributed by atoms with van der Waals surface area (Å²) in [7, 11) is 0. The Kier molecular flexibility index (Phi) is 4.80. The Bertz CT molecular complexity index is 350. The van der Waals surface area contributed by atoms with Crippen molar-refractivity contribution in [2.75, 3.05) is 6.54 Å². The van der Waals surface area contributed by atoms with Gasteiger partial charge < -0.3 is 9.84 Å². The lowest BCUT2D eigenvalue weighted by atomic mass is 10.1. The highest BCUT2D eigenvalue weighted by Gasteiger charge is 2.14. The van der Waals surface area contributed by atoms with E-state index in [0.717, 1.165) is 6.42 Å². The van der Waals surface area contributed by atoms with Gasteiger partial charge in [-0.1, -0.05) is 19.0 Å². The summed E-state index contributed by atoms with van der Waals surface area (Å²) in [6, 6.07) is 0. The summed E-state index contributed by atoms with van der Waals surface area (Å²) in [4.78, 5) is 11.6. The van der Waals surface area contributed by atoms with E-state index in [-0.39, 0.29) is 11.3 Å². The molecule has 0 aromatic carbocycles. The van der Waals surface area contributed by atoms with Gasteiger partial charge >= 0.3 is 0 Å². The number of nitrogens with one attached hydrogen (secondary N) is 1. The van der Waals surface area contributed by atoms with Crippen molar-refractivity contribution in [1.82, 2.24) is 10.5 Å². The van der Waals surface area contributed by atoms with Crippen LogP contribution >= 0.6 is 11.6 Å². The van der Waals surface area contributed by atoms with Crippen LogP contribution in [0.25, 0.3) is 0 Å². The smallest absolute Gasteiger partial charge is 0.256 e. The molecule has 1 N–H and O–H groups in total. The number of carbonyl (C=O) groups excluding carboxylic acids is 1. The normalized spacial score (nSPS) is 12.8. The van der Waals surface area contributed by atoms with Gasteiger partial charge in [0.05, 0.1) is 11.6 Å². The van der Waals surface area contributed by atoms with Gasteiger partial charge in [0, 0.05) is 6.54 Å². The third-order valence-corrected chi connectivity index (χ3v) is 2.54. The molecule has 1 atom stereocenters. The average molecular weight is 245 g/mol. The second-order valence-corrected chi connectivity index (χ2v) is 4.85. The molecule has 0 spiro atoms. The minimum absolute atomic E-state index is 0.0379. The fourth-order valence-corrected chi connectivity index (χ4v) is 1.84. The third kappa shape index (κ3) is 3.85. The number of hydrogen-bond acceptors (Lipinski definition) is 3. The highest BCUT2D eigenvalue weighted by molar-refractivity contribution is 6.20. The van der Waals surface area contributed by atoms with Gasteiger partial charge in [0.2, 0.25) is 0 Å². The Balaban J connectivity index is 2.39. The molecule has 0 saturated heterocycles. The zero-order valence-electron chi connectivity index (χ0n) is 9.79. The number of carbonyl (C=O) groups is 1. The standard InChI is InChI=1S/C11H17ClN2O2/c1-7(2)4-9(12)5-13-11(15)10-6-14-16-8(10)3/h6-7,9H,4-5H2,1-3H3,(H,13,15). The highest BCUT2D eigenvalue weighted by Crippen LogP contribution is 2.10. The molecule has 1 amide bonds. The molecule has 0 aliphatic heterocycles. The first-order valence-electron chi connectivity index (χ1n) is 5.34. The Morgan fingerprint density at radius 3 is 2.81 bits per heavy atom. The van der Waals surface area contributed by atoms with Crippen LogP contribution < -0.4 is 5.32 Å². The Labute approximate surface area is 100 Å². The highest BCUT2D eigenvalue weighted by atomic mass is 35.5. The molecule has 0 aliphatic rings. The van der Waals surface area contributed by atoms with E-state index in [2.05, 4.69) is 24.3 Å². The van der Waals surface area contributed by atoms with Crippen molar-refractivity contribution in [2.45, 2.75) is 32.6 Å². The maximum atomic E-state index is 11.6. The third-order valence-electron chi connectivity index (χ3n) is 2.21. The largest absolute Gasteiger partial charge is 0.361 e. The molecule has 1 rings (SSSR count). The van der Waals surface area contributed by atoms with Gasteiger partial charge in [-0.05, 0) is 19.3 Å². The van der Waals surface area contributed by atoms with Crippen LogP contribution in [0.1, 0.15) is 36.4 Å². The van der Waals surface area contributed by atoms with E-state index >= 15 is 0 Å². The van der Waals surface area contributed by atoms with Gasteiger partial charge in [0.1, 0.15) is 11.3 Å². The molecule has 0 aliphatic carbocycles. The minimum Gasteiger partial charge on any atom is -0.361 e. The lowest BCUT2D eigenvalue weighted by molar-refractivity contribution is 0.0951. The zero-order valence-corrected chi connectivity index (χ0v) is 10.5. The van der Waals surface area contributed by atoms with Crippen LogP contribution in [-0.4, -0.2) is 23.0 Å². The van der Waals surface area contributed by atoms with E-state index in [1.165, 1.54) is 6.20 Å². The number of aryl methyl sites for hydroxylation is 1. The van der Waals surface area contributed by atoms with E-state index in [1.807, 2.05) is 0 Å². The monoisotopic (exact) mass is 244 g/mol. The van der Waals surface area contributed by atoms with Crippen molar-refractivity contribution in [3.63, 3.8) is 0 Å². The minimum atomic E-state index is -0.187. The Morgan fingerprint density at radius 1 is 1.62 bits per heavy atom. The van der Waals surface area contributed by atoms with E-state index in [1.54, 1.807) is 6.92 Å². The van der Waals surface area contributed by atoms with Crippen LogP contribution in [0.5, 0.6) is 0 Å². The second kappa shape index (κ2) is 5.89. The number of nitrogens with zero attached hydrogens (tertiary/aromatic N) is 1. The average Bonchev–Trinajstić information content (AvgIpc) is 2.60. The molecule has 1 aromatic heterocycles. The van der Waals surface area contributed by atoms with Gasteiger partial charge in [-0.15, -0.1) is 11.6 Å². The first kappa shape index (κ1) is 13.0. The molecule has 16 heavy (non-hydrogen) atoms. The predicted molar refractivity (Wildman–Crippen MR) is 62.7 cm³/mol. The van der Waals surface area contributed by atoms with Crippen LogP contribution in [0.4, 0.5) is 0 Å². The van der Waals surface area contributed by atoms with Crippen LogP contribution in [0.2, 0.25) is 0 Å². The topological polar surface area (TPSA) is 55.1 Å². The fourth-order valence-electron chi connectivity index (χ4n) is 1.41. The van der Waals surface area contributed by atoms with E-state index in [0.29, 0.717) is 23.8 Å². The van der Waals surface area contributed by atoms with E-state index in [9.17, 15) is 4.79 Å². The van der Waals surface area contributed by atoms with Crippen LogP contribution in [0, 0.1) is 12.8 Å². The molecule has 1 unspecified atom stereocenters. The molecule has 0 radical (unpaired) electrons. The van der Waals surface area contributed by atoms with Gasteiger partial charge in [-0.25, -0.2) is 0 Å². The lowest BCUT2D eigenvalue weighted by Crippen LogP contribution is -2.30. The molecule has 0 saturated carbocycles. The van der Waals surface area contributed by atoms with Crippen molar-refractivity contribution in [2.24, 2.45) is 5.92 Å². The molecule has 0 fully saturated rings. The summed E-state index contributed by atoms with van der Waals surface area (Å²) >= 11 is 6.07. The number of halogens is 1. The SMILES string of the molecule is Cc1oncc1C(=O)NCC(Cl)CC(C)C. The molecule has 0 bridgehead atoms. The summed E-state index contributed by atoms with van der Waals surface area (Å²) in [6.07, 6.45) is 2.29. The molecule has 1 aromatic rings. The number of aromatic nitrogens is 1. The van der Waals surface area contributed by atoms with Crippen molar-refractivity contribution in [3.8, 4) is 0 Å². The van der Waals surface area contributed by atoms with Crippen molar-refractivity contribution in [3.05, 3.63) is 17.5 Å². The fraction of sp³-hybridized carbons (Fsp3) is 0.636. The van der Waals surface area contributed by atoms with Crippen molar-refractivity contribution in [1.29, 1.82) is 0 Å². The Hall–Kier alpha value is -1.03. The predicted octanol–water partition coefficient (Wildman–Crippen LogP) is 2.37. The van der Waals surface area contributed by atoms with Crippen LogP contribution in [0.3, 0.4) is 0 Å². The molecule has 90 valence electrons. The maximum Gasteiger partial charge on any atom is 0.256 e. The maximum absolute atomic E-state index is 11.6. The molecular formula is C11H17ClN2O2. The summed E-state index contributed by atoms with van der Waals surface area (Å²) < 4.78 is 4.81. The van der Waals surface area contributed by atoms with Crippen molar-refractivity contribution < 1.29 is 9.32 Å².